The zero-order valence-electron chi connectivity index (χ0n) is 24.4. The number of benzene rings is 2. The van der Waals surface area contributed by atoms with E-state index in [4.69, 9.17) is 4.74 Å². The predicted molar refractivity (Wildman–Crippen MR) is 160 cm³/mol. The summed E-state index contributed by atoms with van der Waals surface area (Å²) in [6.07, 6.45) is 7.48. The van der Waals surface area contributed by atoms with E-state index in [-0.39, 0.29) is 30.8 Å². The molecular formula is C31H45N3O5S. The number of aryl methyl sites for hydroxylation is 1. The number of sulfonamides is 1. The van der Waals surface area contributed by atoms with Crippen molar-refractivity contribution in [2.75, 3.05) is 23.7 Å². The van der Waals surface area contributed by atoms with Gasteiger partial charge in [-0.1, -0.05) is 56.0 Å². The lowest BCUT2D eigenvalue weighted by Gasteiger charge is -2.33. The van der Waals surface area contributed by atoms with E-state index in [0.29, 0.717) is 37.4 Å². The predicted octanol–water partition coefficient (Wildman–Crippen LogP) is 5.20. The lowest BCUT2D eigenvalue weighted by atomic mass is 9.95. The minimum absolute atomic E-state index is 0.109. The van der Waals surface area contributed by atoms with Gasteiger partial charge in [-0.15, -0.1) is 0 Å². The van der Waals surface area contributed by atoms with Crippen LogP contribution in [0.15, 0.2) is 48.5 Å². The molecule has 0 radical (unpaired) electrons. The van der Waals surface area contributed by atoms with E-state index in [1.807, 2.05) is 45.0 Å². The largest absolute Gasteiger partial charge is 0.494 e. The van der Waals surface area contributed by atoms with Crippen molar-refractivity contribution in [3.8, 4) is 5.75 Å². The minimum Gasteiger partial charge on any atom is -0.494 e. The van der Waals surface area contributed by atoms with Crippen LogP contribution in [0.4, 0.5) is 5.69 Å². The third-order valence-electron chi connectivity index (χ3n) is 7.40. The van der Waals surface area contributed by atoms with Gasteiger partial charge in [0.05, 0.1) is 18.6 Å². The third-order valence-corrected chi connectivity index (χ3v) is 8.59. The number of hydrogen-bond acceptors (Lipinski definition) is 5. The van der Waals surface area contributed by atoms with E-state index >= 15 is 0 Å². The van der Waals surface area contributed by atoms with Crippen LogP contribution in [-0.4, -0.2) is 56.6 Å². The second kappa shape index (κ2) is 15.1. The van der Waals surface area contributed by atoms with Crippen LogP contribution in [0.5, 0.6) is 5.75 Å². The maximum Gasteiger partial charge on any atom is 0.243 e. The second-order valence-electron chi connectivity index (χ2n) is 10.6. The smallest absolute Gasteiger partial charge is 0.243 e. The molecule has 9 heteroatoms. The molecule has 40 heavy (non-hydrogen) atoms. The number of rotatable bonds is 14. The van der Waals surface area contributed by atoms with Crippen molar-refractivity contribution in [2.24, 2.45) is 0 Å². The van der Waals surface area contributed by atoms with E-state index in [0.717, 1.165) is 43.1 Å². The van der Waals surface area contributed by atoms with Gasteiger partial charge in [0.1, 0.15) is 11.8 Å². The molecule has 2 aromatic rings. The Balaban J connectivity index is 1.73. The average molecular weight is 572 g/mol. The number of carbonyl (C=O) groups is 2. The molecule has 0 bridgehead atoms. The van der Waals surface area contributed by atoms with Crippen LogP contribution in [-0.2, 0) is 26.2 Å². The molecule has 0 spiro atoms. The van der Waals surface area contributed by atoms with Gasteiger partial charge in [-0.2, -0.15) is 0 Å². The van der Waals surface area contributed by atoms with E-state index in [1.54, 1.807) is 29.2 Å². The molecule has 0 saturated heterocycles. The standard InChI is InChI=1S/C31H45N3O5S/c1-5-29(31(36)32-26-11-8-7-9-12-26)33(23-25-16-14-24(3)15-17-25)30(35)13-10-22-34(40(4,37)38)27-18-20-28(21-19-27)39-6-2/h14-21,26,29H,5-13,22-23H2,1-4H3,(H,32,36)/t29-/m1/s1. The van der Waals surface area contributed by atoms with Crippen molar-refractivity contribution in [3.05, 3.63) is 59.7 Å². The van der Waals surface area contributed by atoms with Gasteiger partial charge < -0.3 is 15.0 Å². The van der Waals surface area contributed by atoms with Gasteiger partial charge in [0.2, 0.25) is 21.8 Å². The zero-order chi connectivity index (χ0) is 29.1. The SMILES string of the molecule is CCOc1ccc(N(CCCC(=O)N(Cc2ccc(C)cc2)[C@H](CC)C(=O)NC2CCCCC2)S(C)(=O)=O)cc1. The lowest BCUT2D eigenvalue weighted by Crippen LogP contribution is -2.51. The van der Waals surface area contributed by atoms with Crippen LogP contribution < -0.4 is 14.4 Å². The molecule has 220 valence electrons. The fraction of sp³-hybridized carbons (Fsp3) is 0.548. The normalized spacial score (nSPS) is 14.8. The highest BCUT2D eigenvalue weighted by Gasteiger charge is 2.30. The Morgan fingerprint density at radius 2 is 1.65 bits per heavy atom. The number of nitrogens with one attached hydrogen (secondary N) is 1. The monoisotopic (exact) mass is 571 g/mol. The summed E-state index contributed by atoms with van der Waals surface area (Å²) in [5, 5.41) is 3.20. The first kappa shape index (κ1) is 31.5. The van der Waals surface area contributed by atoms with Gasteiger partial charge in [0, 0.05) is 25.6 Å². The first-order valence-electron chi connectivity index (χ1n) is 14.5. The second-order valence-corrected chi connectivity index (χ2v) is 12.5. The molecule has 1 saturated carbocycles. The van der Waals surface area contributed by atoms with Gasteiger partial charge in [-0.3, -0.25) is 13.9 Å². The number of hydrogen-bond donors (Lipinski definition) is 1. The average Bonchev–Trinajstić information content (AvgIpc) is 2.92. The number of amides is 2. The molecule has 1 atom stereocenters. The Morgan fingerprint density at radius 1 is 1.00 bits per heavy atom. The lowest BCUT2D eigenvalue weighted by molar-refractivity contribution is -0.141. The molecule has 8 nitrogen and oxygen atoms in total. The van der Waals surface area contributed by atoms with E-state index in [1.165, 1.54) is 10.7 Å². The van der Waals surface area contributed by atoms with Crippen molar-refractivity contribution in [1.29, 1.82) is 0 Å². The molecule has 0 aliphatic heterocycles. The number of nitrogens with zero attached hydrogens (tertiary/aromatic N) is 2. The quantitative estimate of drug-likeness (QED) is 0.336. The first-order chi connectivity index (χ1) is 19.1. The van der Waals surface area contributed by atoms with Gasteiger partial charge in [-0.05, 0) is 69.4 Å². The van der Waals surface area contributed by atoms with Gasteiger partial charge in [-0.25, -0.2) is 8.42 Å². The molecule has 1 fully saturated rings. The summed E-state index contributed by atoms with van der Waals surface area (Å²) in [6, 6.07) is 14.4. The Morgan fingerprint density at radius 3 is 2.23 bits per heavy atom. The summed E-state index contributed by atoms with van der Waals surface area (Å²) >= 11 is 0. The van der Waals surface area contributed by atoms with Crippen LogP contribution in [0, 0.1) is 6.92 Å². The fourth-order valence-electron chi connectivity index (χ4n) is 5.23. The summed E-state index contributed by atoms with van der Waals surface area (Å²) < 4.78 is 32.0. The topological polar surface area (TPSA) is 96.0 Å². The summed E-state index contributed by atoms with van der Waals surface area (Å²) in [5.74, 6) is 0.395. The van der Waals surface area contributed by atoms with E-state index in [2.05, 4.69) is 5.32 Å². The summed E-state index contributed by atoms with van der Waals surface area (Å²) in [6.45, 7) is 6.83. The fourth-order valence-corrected chi connectivity index (χ4v) is 6.20. The van der Waals surface area contributed by atoms with Gasteiger partial charge in [0.15, 0.2) is 0 Å². The molecule has 1 N–H and O–H groups in total. The van der Waals surface area contributed by atoms with Crippen LogP contribution in [0.25, 0.3) is 0 Å². The Hall–Kier alpha value is -3.07. The summed E-state index contributed by atoms with van der Waals surface area (Å²) in [4.78, 5) is 28.7. The summed E-state index contributed by atoms with van der Waals surface area (Å²) in [5.41, 5.74) is 2.60. The van der Waals surface area contributed by atoms with Crippen molar-refractivity contribution < 1.29 is 22.7 Å². The highest BCUT2D eigenvalue weighted by molar-refractivity contribution is 7.92. The van der Waals surface area contributed by atoms with E-state index in [9.17, 15) is 18.0 Å². The molecular weight excluding hydrogens is 526 g/mol. The molecule has 1 aliphatic rings. The highest BCUT2D eigenvalue weighted by Crippen LogP contribution is 2.23. The van der Waals surface area contributed by atoms with Crippen LogP contribution in [0.1, 0.15) is 76.3 Å². The Bertz CT molecular complexity index is 1190. The van der Waals surface area contributed by atoms with Gasteiger partial charge in [0.25, 0.3) is 0 Å². The van der Waals surface area contributed by atoms with Crippen molar-refractivity contribution in [3.63, 3.8) is 0 Å². The maximum atomic E-state index is 13.7. The Labute approximate surface area is 240 Å². The van der Waals surface area contributed by atoms with Crippen LogP contribution >= 0.6 is 0 Å². The zero-order valence-corrected chi connectivity index (χ0v) is 25.2. The minimum atomic E-state index is -3.56. The Kier molecular flexibility index (Phi) is 11.9. The molecule has 2 aromatic carbocycles. The molecule has 1 aliphatic carbocycles. The maximum absolute atomic E-state index is 13.7. The molecule has 3 rings (SSSR count). The van der Waals surface area contributed by atoms with Crippen molar-refractivity contribution in [1.82, 2.24) is 10.2 Å². The van der Waals surface area contributed by atoms with Crippen molar-refractivity contribution >= 4 is 27.5 Å². The number of ether oxygens (including phenoxy) is 1. The van der Waals surface area contributed by atoms with Crippen LogP contribution in [0.3, 0.4) is 0 Å². The molecule has 0 unspecified atom stereocenters. The van der Waals surface area contributed by atoms with Crippen LogP contribution in [0.2, 0.25) is 0 Å². The van der Waals surface area contributed by atoms with E-state index < -0.39 is 16.1 Å². The first-order valence-corrected chi connectivity index (χ1v) is 16.3. The van der Waals surface area contributed by atoms with Crippen molar-refractivity contribution in [2.45, 2.75) is 90.8 Å². The van der Waals surface area contributed by atoms with Gasteiger partial charge >= 0.3 is 0 Å². The molecule has 0 aromatic heterocycles. The number of carbonyl (C=O) groups excluding carboxylic acids is 2. The molecule has 0 heterocycles. The molecule has 2 amide bonds. The highest BCUT2D eigenvalue weighted by atomic mass is 32.2. The number of anilines is 1. The third kappa shape index (κ3) is 9.25. The summed E-state index contributed by atoms with van der Waals surface area (Å²) in [7, 11) is -3.56.